The molecule has 0 aliphatic carbocycles. The number of hydrogen-bond donors (Lipinski definition) is 1. The van der Waals surface area contributed by atoms with E-state index in [-0.39, 0.29) is 5.02 Å². The van der Waals surface area contributed by atoms with Crippen molar-refractivity contribution in [2.75, 3.05) is 7.05 Å². The van der Waals surface area contributed by atoms with E-state index in [4.69, 9.17) is 34.8 Å². The molecule has 2 aromatic carbocycles. The van der Waals surface area contributed by atoms with E-state index in [2.05, 4.69) is 21.2 Å². The van der Waals surface area contributed by atoms with Crippen LogP contribution in [-0.2, 0) is 0 Å². The summed E-state index contributed by atoms with van der Waals surface area (Å²) >= 11 is 21.2. The van der Waals surface area contributed by atoms with Crippen molar-refractivity contribution in [2.24, 2.45) is 0 Å². The molecule has 0 saturated carbocycles. The first-order valence-corrected chi connectivity index (χ1v) is 7.64. The molecule has 1 unspecified atom stereocenters. The molecule has 0 heterocycles. The van der Waals surface area contributed by atoms with Gasteiger partial charge in [-0.2, -0.15) is 0 Å². The highest BCUT2D eigenvalue weighted by molar-refractivity contribution is 9.10. The van der Waals surface area contributed by atoms with Crippen LogP contribution in [0.1, 0.15) is 17.2 Å². The molecule has 0 aliphatic heterocycles. The van der Waals surface area contributed by atoms with Crippen molar-refractivity contribution in [1.29, 1.82) is 0 Å². The summed E-state index contributed by atoms with van der Waals surface area (Å²) in [6.07, 6.45) is 0. The maximum absolute atomic E-state index is 14.3. The quantitative estimate of drug-likeness (QED) is 0.640. The zero-order valence-electron chi connectivity index (χ0n) is 10.4. The minimum Gasteiger partial charge on any atom is -0.309 e. The van der Waals surface area contributed by atoms with Crippen LogP contribution < -0.4 is 5.32 Å². The monoisotopic (exact) mass is 395 g/mol. The Morgan fingerprint density at radius 2 is 1.75 bits per heavy atom. The molecule has 0 fully saturated rings. The molecule has 1 atom stereocenters. The lowest BCUT2D eigenvalue weighted by atomic mass is 9.98. The second-order valence-electron chi connectivity index (χ2n) is 4.15. The fourth-order valence-corrected chi connectivity index (χ4v) is 2.97. The normalized spacial score (nSPS) is 12.5. The number of halogens is 5. The lowest BCUT2D eigenvalue weighted by molar-refractivity contribution is 0.576. The van der Waals surface area contributed by atoms with Crippen LogP contribution in [0.3, 0.4) is 0 Å². The first kappa shape index (κ1) is 16.1. The molecule has 1 N–H and O–H groups in total. The maximum atomic E-state index is 14.3. The van der Waals surface area contributed by atoms with Gasteiger partial charge in [-0.3, -0.25) is 0 Å². The lowest BCUT2D eigenvalue weighted by Gasteiger charge is -2.20. The molecule has 0 bridgehead atoms. The molecule has 0 amide bonds. The standard InChI is InChI=1S/C14H10BrCl3FN/c1-20-14(8-3-2-7(16)6-11(8)17)9-4-5-10(15)12(18)13(9)19/h2-6,14,20H,1H3. The van der Waals surface area contributed by atoms with Crippen LogP contribution in [0.4, 0.5) is 4.39 Å². The Bertz CT molecular complexity index is 649. The van der Waals surface area contributed by atoms with Crippen molar-refractivity contribution < 1.29 is 4.39 Å². The second-order valence-corrected chi connectivity index (χ2v) is 6.23. The minimum atomic E-state index is -0.480. The van der Waals surface area contributed by atoms with Gasteiger partial charge in [0.15, 0.2) is 0 Å². The Morgan fingerprint density at radius 1 is 1.10 bits per heavy atom. The number of hydrogen-bond acceptors (Lipinski definition) is 1. The minimum absolute atomic E-state index is 0.0489. The van der Waals surface area contributed by atoms with Gasteiger partial charge in [-0.25, -0.2) is 4.39 Å². The highest BCUT2D eigenvalue weighted by Gasteiger charge is 2.21. The second kappa shape index (κ2) is 6.63. The molecule has 0 aliphatic rings. The van der Waals surface area contributed by atoms with Crippen molar-refractivity contribution in [3.63, 3.8) is 0 Å². The molecular weight excluding hydrogens is 387 g/mol. The number of nitrogens with one attached hydrogen (secondary N) is 1. The van der Waals surface area contributed by atoms with Crippen molar-refractivity contribution >= 4 is 50.7 Å². The molecule has 2 aromatic rings. The first-order valence-electron chi connectivity index (χ1n) is 5.71. The Hall–Kier alpha value is -0.320. The van der Waals surface area contributed by atoms with Gasteiger partial charge in [0.1, 0.15) is 5.82 Å². The average Bonchev–Trinajstić information content (AvgIpc) is 2.41. The molecule has 0 saturated heterocycles. The van der Waals surface area contributed by atoms with Gasteiger partial charge in [0.25, 0.3) is 0 Å². The van der Waals surface area contributed by atoms with Crippen LogP contribution in [0, 0.1) is 5.82 Å². The summed E-state index contributed by atoms with van der Waals surface area (Å²) in [6.45, 7) is 0. The molecule has 1 nitrogen and oxygen atoms in total. The summed E-state index contributed by atoms with van der Waals surface area (Å²) < 4.78 is 14.8. The third-order valence-electron chi connectivity index (χ3n) is 2.94. The fraction of sp³-hybridized carbons (Fsp3) is 0.143. The fourth-order valence-electron chi connectivity index (χ4n) is 1.98. The highest BCUT2D eigenvalue weighted by Crippen LogP contribution is 2.35. The molecule has 106 valence electrons. The molecule has 0 aromatic heterocycles. The van der Waals surface area contributed by atoms with E-state index < -0.39 is 11.9 Å². The molecular formula is C14H10BrCl3FN. The van der Waals surface area contributed by atoms with E-state index in [1.165, 1.54) is 0 Å². The van der Waals surface area contributed by atoms with Crippen LogP contribution in [0.5, 0.6) is 0 Å². The summed E-state index contributed by atoms with van der Waals surface area (Å²) in [5.74, 6) is -0.480. The van der Waals surface area contributed by atoms with Crippen LogP contribution in [0.2, 0.25) is 15.1 Å². The average molecular weight is 398 g/mol. The number of rotatable bonds is 3. The third-order valence-corrected chi connectivity index (χ3v) is 4.76. The van der Waals surface area contributed by atoms with E-state index in [0.717, 1.165) is 5.56 Å². The van der Waals surface area contributed by atoms with Gasteiger partial charge >= 0.3 is 0 Å². The van der Waals surface area contributed by atoms with Crippen LogP contribution in [0.25, 0.3) is 0 Å². The summed E-state index contributed by atoms with van der Waals surface area (Å²) in [4.78, 5) is 0. The molecule has 20 heavy (non-hydrogen) atoms. The highest BCUT2D eigenvalue weighted by atomic mass is 79.9. The summed E-state index contributed by atoms with van der Waals surface area (Å²) in [5, 5.41) is 4.09. The SMILES string of the molecule is CNC(c1ccc(Cl)cc1Cl)c1ccc(Br)c(Cl)c1F. The topological polar surface area (TPSA) is 12.0 Å². The van der Waals surface area contributed by atoms with Crippen molar-refractivity contribution in [3.8, 4) is 0 Å². The van der Waals surface area contributed by atoms with Gasteiger partial charge in [-0.1, -0.05) is 46.9 Å². The zero-order chi connectivity index (χ0) is 14.9. The van der Waals surface area contributed by atoms with Crippen molar-refractivity contribution in [3.05, 3.63) is 66.8 Å². The first-order chi connectivity index (χ1) is 9.45. The Morgan fingerprint density at radius 3 is 2.35 bits per heavy atom. The summed E-state index contributed by atoms with van der Waals surface area (Å²) in [6, 6.07) is 8.06. The largest absolute Gasteiger partial charge is 0.309 e. The van der Waals surface area contributed by atoms with E-state index >= 15 is 0 Å². The van der Waals surface area contributed by atoms with Crippen molar-refractivity contribution in [1.82, 2.24) is 5.32 Å². The Labute approximate surface area is 140 Å². The maximum Gasteiger partial charge on any atom is 0.148 e. The summed E-state index contributed by atoms with van der Waals surface area (Å²) in [5.41, 5.74) is 1.15. The van der Waals surface area contributed by atoms with Gasteiger partial charge in [0.05, 0.1) is 11.1 Å². The Kier molecular flexibility index (Phi) is 5.32. The van der Waals surface area contributed by atoms with Gasteiger partial charge < -0.3 is 5.32 Å². The van der Waals surface area contributed by atoms with Crippen LogP contribution >= 0.6 is 50.7 Å². The Balaban J connectivity index is 2.55. The summed E-state index contributed by atoms with van der Waals surface area (Å²) in [7, 11) is 1.73. The lowest BCUT2D eigenvalue weighted by Crippen LogP contribution is -2.19. The van der Waals surface area contributed by atoms with E-state index in [1.807, 2.05) is 0 Å². The van der Waals surface area contributed by atoms with E-state index in [9.17, 15) is 4.39 Å². The van der Waals surface area contributed by atoms with Crippen molar-refractivity contribution in [2.45, 2.75) is 6.04 Å². The zero-order valence-corrected chi connectivity index (χ0v) is 14.2. The molecule has 2 rings (SSSR count). The van der Waals surface area contributed by atoms with E-state index in [1.54, 1.807) is 37.4 Å². The van der Waals surface area contributed by atoms with Gasteiger partial charge in [-0.05, 0) is 46.7 Å². The van der Waals surface area contributed by atoms with Crippen LogP contribution in [0.15, 0.2) is 34.8 Å². The van der Waals surface area contributed by atoms with Gasteiger partial charge in [0, 0.05) is 20.1 Å². The molecule has 0 radical (unpaired) electrons. The van der Waals surface area contributed by atoms with E-state index in [0.29, 0.717) is 20.1 Å². The molecule has 0 spiro atoms. The predicted octanol–water partition coefficient (Wildman–Crippen LogP) is 5.86. The third kappa shape index (κ3) is 3.12. The van der Waals surface area contributed by atoms with Gasteiger partial charge in [0.2, 0.25) is 0 Å². The van der Waals surface area contributed by atoms with Gasteiger partial charge in [-0.15, -0.1) is 0 Å². The van der Waals surface area contributed by atoms with Crippen LogP contribution in [-0.4, -0.2) is 7.05 Å². The molecule has 6 heteroatoms. The smallest absolute Gasteiger partial charge is 0.148 e. The predicted molar refractivity (Wildman–Crippen MR) is 86.5 cm³/mol. The number of benzene rings is 2.